The van der Waals surface area contributed by atoms with E-state index in [1.807, 2.05) is 4.52 Å². The Balaban J connectivity index is 0.000000960. The van der Waals surface area contributed by atoms with Gasteiger partial charge in [0.2, 0.25) is 0 Å². The molecule has 128 valence electrons. The Hall–Kier alpha value is -1.44. The zero-order valence-corrected chi connectivity index (χ0v) is 14.1. The van der Waals surface area contributed by atoms with E-state index in [1.54, 1.807) is 6.33 Å². The van der Waals surface area contributed by atoms with Crippen molar-refractivity contribution in [2.24, 2.45) is 0 Å². The number of fused-ring (bicyclic) bond motifs is 3. The van der Waals surface area contributed by atoms with Crippen LogP contribution in [0.15, 0.2) is 6.33 Å². The van der Waals surface area contributed by atoms with E-state index >= 15 is 0 Å². The minimum Gasteiger partial charge on any atom is -0.412 e. The van der Waals surface area contributed by atoms with Crippen LogP contribution in [0.5, 0.6) is 0 Å². The van der Waals surface area contributed by atoms with E-state index < -0.39 is 0 Å². The first kappa shape index (κ1) is 17.9. The van der Waals surface area contributed by atoms with Gasteiger partial charge in [-0.2, -0.15) is 4.52 Å². The molecule has 23 heavy (non-hydrogen) atoms. The molecule has 4 rings (SSSR count). The zero-order chi connectivity index (χ0) is 14.1. The average Bonchev–Trinajstić information content (AvgIpc) is 3.18. The molecule has 0 bridgehead atoms. The van der Waals surface area contributed by atoms with Crippen LogP contribution in [-0.4, -0.2) is 56.4 Å². The summed E-state index contributed by atoms with van der Waals surface area (Å²) >= 11 is 0. The Kier molecular flexibility index (Phi) is 6.15. The van der Waals surface area contributed by atoms with Gasteiger partial charge in [0.25, 0.3) is 0 Å². The van der Waals surface area contributed by atoms with Gasteiger partial charge in [-0.15, -0.1) is 27.7 Å². The van der Waals surface area contributed by atoms with E-state index in [0.717, 1.165) is 37.4 Å². The van der Waals surface area contributed by atoms with E-state index in [0.29, 0.717) is 0 Å². The SMILES string of the molecule is Cl.O.c1nnc2c3c(c(NCCN4CCCC4)nn12)CCCC3. The summed E-state index contributed by atoms with van der Waals surface area (Å²) in [6, 6.07) is 0. The van der Waals surface area contributed by atoms with Gasteiger partial charge in [0.05, 0.1) is 0 Å². The Bertz CT molecular complexity index is 640. The molecule has 8 heteroatoms. The normalized spacial score (nSPS) is 17.4. The lowest BCUT2D eigenvalue weighted by atomic mass is 9.93. The number of anilines is 1. The highest BCUT2D eigenvalue weighted by molar-refractivity contribution is 5.85. The summed E-state index contributed by atoms with van der Waals surface area (Å²) in [7, 11) is 0. The number of hydrogen-bond acceptors (Lipinski definition) is 5. The molecule has 0 unspecified atom stereocenters. The number of aromatic nitrogens is 4. The minimum absolute atomic E-state index is 0. The second-order valence-corrected chi connectivity index (χ2v) is 6.09. The fourth-order valence-electron chi connectivity index (χ4n) is 3.56. The second-order valence-electron chi connectivity index (χ2n) is 6.09. The van der Waals surface area contributed by atoms with Crippen LogP contribution in [-0.2, 0) is 12.8 Å². The van der Waals surface area contributed by atoms with Crippen molar-refractivity contribution in [3.63, 3.8) is 0 Å². The molecule has 0 atom stereocenters. The third kappa shape index (κ3) is 3.57. The van der Waals surface area contributed by atoms with Crippen molar-refractivity contribution in [2.45, 2.75) is 38.5 Å². The van der Waals surface area contributed by atoms with Crippen molar-refractivity contribution in [1.29, 1.82) is 0 Å². The third-order valence-corrected chi connectivity index (χ3v) is 4.68. The predicted octanol–water partition coefficient (Wildman–Crippen LogP) is 1.11. The average molecular weight is 341 g/mol. The van der Waals surface area contributed by atoms with Crippen LogP contribution >= 0.6 is 12.4 Å². The Labute approximate surface area is 142 Å². The van der Waals surface area contributed by atoms with E-state index in [2.05, 4.69) is 25.5 Å². The standard InChI is InChI=1S/C15H22N6.ClH.H2O/c1-2-6-13-12(5-1)14(19-21-11-17-18-15(13)21)16-7-10-20-8-3-4-9-20;;/h11H,1-10H2,(H,16,19);1H;1H2. The maximum Gasteiger partial charge on any atom is 0.181 e. The third-order valence-electron chi connectivity index (χ3n) is 4.68. The van der Waals surface area contributed by atoms with Gasteiger partial charge < -0.3 is 15.7 Å². The fourth-order valence-corrected chi connectivity index (χ4v) is 3.56. The Morgan fingerprint density at radius 1 is 1.04 bits per heavy atom. The first-order valence-corrected chi connectivity index (χ1v) is 8.10. The number of nitrogens with zero attached hydrogens (tertiary/aromatic N) is 5. The zero-order valence-electron chi connectivity index (χ0n) is 13.3. The molecule has 7 nitrogen and oxygen atoms in total. The van der Waals surface area contributed by atoms with E-state index in [-0.39, 0.29) is 17.9 Å². The highest BCUT2D eigenvalue weighted by Crippen LogP contribution is 2.28. The fraction of sp³-hybridized carbons (Fsp3) is 0.667. The van der Waals surface area contributed by atoms with Crippen LogP contribution in [0.3, 0.4) is 0 Å². The molecule has 2 aromatic rings. The van der Waals surface area contributed by atoms with Crippen LogP contribution in [0.4, 0.5) is 5.82 Å². The molecule has 1 saturated heterocycles. The molecule has 3 heterocycles. The van der Waals surface area contributed by atoms with Crippen LogP contribution in [0, 0.1) is 0 Å². The van der Waals surface area contributed by atoms with Crippen molar-refractivity contribution in [1.82, 2.24) is 24.7 Å². The van der Waals surface area contributed by atoms with Gasteiger partial charge in [0.1, 0.15) is 6.33 Å². The molecule has 0 aromatic carbocycles. The smallest absolute Gasteiger partial charge is 0.181 e. The first-order chi connectivity index (χ1) is 10.4. The summed E-state index contributed by atoms with van der Waals surface area (Å²) in [4.78, 5) is 2.52. The molecule has 0 saturated carbocycles. The topological polar surface area (TPSA) is 89.8 Å². The molecule has 0 spiro atoms. The summed E-state index contributed by atoms with van der Waals surface area (Å²) < 4.78 is 1.82. The van der Waals surface area contributed by atoms with Gasteiger partial charge in [-0.25, -0.2) is 0 Å². The molecular formula is C15H25ClN6O. The molecular weight excluding hydrogens is 316 g/mol. The molecule has 2 aliphatic rings. The number of halogens is 1. The molecule has 0 amide bonds. The highest BCUT2D eigenvalue weighted by Gasteiger charge is 2.20. The lowest BCUT2D eigenvalue weighted by Gasteiger charge is -2.21. The monoisotopic (exact) mass is 340 g/mol. The van der Waals surface area contributed by atoms with Gasteiger partial charge >= 0.3 is 0 Å². The number of aryl methyl sites for hydroxylation is 1. The van der Waals surface area contributed by atoms with Crippen molar-refractivity contribution in [3.05, 3.63) is 17.5 Å². The summed E-state index contributed by atoms with van der Waals surface area (Å²) in [6.07, 6.45) is 9.10. The van der Waals surface area contributed by atoms with Gasteiger partial charge in [0, 0.05) is 24.2 Å². The molecule has 0 radical (unpaired) electrons. The quantitative estimate of drug-likeness (QED) is 0.900. The van der Waals surface area contributed by atoms with Crippen LogP contribution in [0.2, 0.25) is 0 Å². The summed E-state index contributed by atoms with van der Waals surface area (Å²) in [5.41, 5.74) is 3.65. The summed E-state index contributed by atoms with van der Waals surface area (Å²) in [5, 5.41) is 16.5. The van der Waals surface area contributed by atoms with Crippen LogP contribution < -0.4 is 5.32 Å². The number of likely N-dealkylation sites (tertiary alicyclic amines) is 1. The maximum absolute atomic E-state index is 4.67. The van der Waals surface area contributed by atoms with E-state index in [1.165, 1.54) is 49.9 Å². The molecule has 3 N–H and O–H groups in total. The Morgan fingerprint density at radius 3 is 2.57 bits per heavy atom. The lowest BCUT2D eigenvalue weighted by molar-refractivity contribution is 0.352. The molecule has 1 fully saturated rings. The molecule has 2 aromatic heterocycles. The van der Waals surface area contributed by atoms with Crippen molar-refractivity contribution >= 4 is 23.9 Å². The van der Waals surface area contributed by atoms with Crippen molar-refractivity contribution in [3.8, 4) is 0 Å². The predicted molar refractivity (Wildman–Crippen MR) is 92.4 cm³/mol. The Morgan fingerprint density at radius 2 is 1.78 bits per heavy atom. The second kappa shape index (κ2) is 7.90. The highest BCUT2D eigenvalue weighted by atomic mass is 35.5. The van der Waals surface area contributed by atoms with Crippen LogP contribution in [0.1, 0.15) is 36.8 Å². The lowest BCUT2D eigenvalue weighted by Crippen LogP contribution is -2.27. The minimum atomic E-state index is 0. The van der Waals surface area contributed by atoms with Crippen LogP contribution in [0.25, 0.3) is 5.65 Å². The maximum atomic E-state index is 4.67. The number of hydrogen-bond donors (Lipinski definition) is 1. The van der Waals surface area contributed by atoms with E-state index in [4.69, 9.17) is 0 Å². The summed E-state index contributed by atoms with van der Waals surface area (Å²) in [5.74, 6) is 1.04. The van der Waals surface area contributed by atoms with E-state index in [9.17, 15) is 0 Å². The number of nitrogens with one attached hydrogen (secondary N) is 1. The molecule has 1 aliphatic carbocycles. The van der Waals surface area contributed by atoms with Crippen molar-refractivity contribution < 1.29 is 5.48 Å². The van der Waals surface area contributed by atoms with Gasteiger partial charge in [0.15, 0.2) is 11.5 Å². The van der Waals surface area contributed by atoms with Crippen molar-refractivity contribution in [2.75, 3.05) is 31.5 Å². The van der Waals surface area contributed by atoms with Gasteiger partial charge in [-0.3, -0.25) is 0 Å². The summed E-state index contributed by atoms with van der Waals surface area (Å²) in [6.45, 7) is 4.57. The number of rotatable bonds is 4. The largest absolute Gasteiger partial charge is 0.412 e. The molecule has 1 aliphatic heterocycles. The first-order valence-electron chi connectivity index (χ1n) is 8.10. The van der Waals surface area contributed by atoms with Gasteiger partial charge in [-0.05, 0) is 51.6 Å². The van der Waals surface area contributed by atoms with Gasteiger partial charge in [-0.1, -0.05) is 0 Å².